The molecule has 444 valence electrons. The van der Waals surface area contributed by atoms with Crippen LogP contribution in [-0.2, 0) is 32.5 Å². The molecule has 9 nitrogen and oxygen atoms in total. The zero-order chi connectivity index (χ0) is 63.1. The highest BCUT2D eigenvalue weighted by Crippen LogP contribution is 2.41. The molecule has 0 saturated carbocycles. The molecule has 0 spiro atoms. The van der Waals surface area contributed by atoms with Gasteiger partial charge in [0.2, 0.25) is 0 Å². The fraction of sp³-hybridized carbons (Fsp3) is 0.493. The second-order valence-corrected chi connectivity index (χ2v) is 28.1. The van der Waals surface area contributed by atoms with E-state index in [1.807, 2.05) is 155 Å². The number of benzene rings is 6. The third kappa shape index (κ3) is 20.0. The number of rotatable bonds is 0. The minimum atomic E-state index is -0.105. The van der Waals surface area contributed by atoms with Gasteiger partial charge in [-0.15, -0.1) is 0 Å². The first-order chi connectivity index (χ1) is 35.8. The fourth-order valence-corrected chi connectivity index (χ4v) is 10.8. The van der Waals surface area contributed by atoms with Crippen LogP contribution in [0.2, 0.25) is 0 Å². The van der Waals surface area contributed by atoms with Crippen molar-refractivity contribution in [2.75, 3.05) is 0 Å². The van der Waals surface area contributed by atoms with Gasteiger partial charge in [-0.25, -0.2) is 0 Å². The molecule has 6 aromatic carbocycles. The number of hydrogen-bond donors (Lipinski definition) is 9. The summed E-state index contributed by atoms with van der Waals surface area (Å²) in [6.07, 6.45) is 0. The smallest absolute Gasteiger partial charge is 0.123 e. The molecule has 6 aromatic rings. The van der Waals surface area contributed by atoms with Gasteiger partial charge >= 0.3 is 0 Å². The lowest BCUT2D eigenvalue weighted by atomic mass is 9.80. The molecule has 80 heavy (non-hydrogen) atoms. The maximum Gasteiger partial charge on any atom is 0.123 e. The summed E-state index contributed by atoms with van der Waals surface area (Å²) in [6.45, 7) is 59.8. The van der Waals surface area contributed by atoms with Crippen molar-refractivity contribution in [2.45, 2.75) is 233 Å². The molecule has 0 saturated heterocycles. The molecule has 0 aliphatic rings. The molecular weight excluding hydrogens is 997 g/mol. The van der Waals surface area contributed by atoms with Crippen molar-refractivity contribution in [3.05, 3.63) is 155 Å². The number of phenols is 9. The van der Waals surface area contributed by atoms with E-state index in [1.165, 1.54) is 57.1 Å². The summed E-state index contributed by atoms with van der Waals surface area (Å²) in [4.78, 5) is 0. The highest BCUT2D eigenvalue weighted by atomic mass is 16.3. The minimum Gasteiger partial charge on any atom is -0.508 e. The van der Waals surface area contributed by atoms with E-state index in [1.54, 1.807) is 6.07 Å². The Bertz CT molecular complexity index is 2820. The Balaban J connectivity index is 0.000000480. The second-order valence-electron chi connectivity index (χ2n) is 28.1. The lowest BCUT2D eigenvalue weighted by Crippen LogP contribution is -2.15. The molecule has 0 heterocycles. The van der Waals surface area contributed by atoms with Gasteiger partial charge in [0.05, 0.1) is 0 Å². The Morgan fingerprint density at radius 3 is 0.863 bits per heavy atom. The average Bonchev–Trinajstić information content (AvgIpc) is 3.22. The number of aryl methyl sites for hydroxylation is 7. The van der Waals surface area contributed by atoms with Gasteiger partial charge in [0.1, 0.15) is 51.7 Å². The Hall–Kier alpha value is -6.48. The van der Waals surface area contributed by atoms with Gasteiger partial charge < -0.3 is 46.0 Å². The summed E-state index contributed by atoms with van der Waals surface area (Å²) in [5.41, 5.74) is 18.2. The average molecular weight is 1100 g/mol. The van der Waals surface area contributed by atoms with Crippen molar-refractivity contribution in [1.82, 2.24) is 0 Å². The van der Waals surface area contributed by atoms with Crippen LogP contribution in [0.4, 0.5) is 0 Å². The van der Waals surface area contributed by atoms with Crippen molar-refractivity contribution < 1.29 is 46.0 Å². The molecular formula is C71H106O9. The third-order valence-corrected chi connectivity index (χ3v) is 14.2. The van der Waals surface area contributed by atoms with Crippen LogP contribution in [0.15, 0.2) is 60.7 Å². The van der Waals surface area contributed by atoms with E-state index in [-0.39, 0.29) is 67.0 Å². The van der Waals surface area contributed by atoms with Crippen molar-refractivity contribution in [3.63, 3.8) is 0 Å². The molecule has 0 radical (unpaired) electrons. The van der Waals surface area contributed by atoms with Gasteiger partial charge in [0.25, 0.3) is 0 Å². The maximum absolute atomic E-state index is 9.77. The molecule has 9 heteroatoms. The predicted octanol–water partition coefficient (Wildman–Crippen LogP) is 18.6. The SMILES string of the molecule is Cc1c(O)cc(O)c(C(C)(C)C)c1C.Cc1cc(C(C)(C)C)c(C)cc1O.Cc1cc(C(C)(C)C)c(O)cc1O.Cc1cc(O)c(C)c(C)c1C(C)(C)C.Cc1cc(O)cc(C)c1C(C)(C)C.Cc1cc(O)cc(O)c1C(C)(C)C. The van der Waals surface area contributed by atoms with E-state index >= 15 is 0 Å². The topological polar surface area (TPSA) is 182 Å². The van der Waals surface area contributed by atoms with Crippen LogP contribution in [0.5, 0.6) is 51.7 Å². The van der Waals surface area contributed by atoms with Crippen LogP contribution in [-0.4, -0.2) is 46.0 Å². The molecule has 0 unspecified atom stereocenters. The van der Waals surface area contributed by atoms with Crippen LogP contribution in [0.25, 0.3) is 0 Å². The fourth-order valence-electron chi connectivity index (χ4n) is 10.8. The molecule has 0 aromatic heterocycles. The minimum absolute atomic E-state index is 0.0947. The Morgan fingerprint density at radius 1 is 0.200 bits per heavy atom. The number of aromatic hydroxyl groups is 9. The number of hydrogen-bond acceptors (Lipinski definition) is 9. The Labute approximate surface area is 484 Å². The quantitative estimate of drug-likeness (QED) is 0.0715. The summed E-state index contributed by atoms with van der Waals surface area (Å²) in [5.74, 6) is 2.10. The van der Waals surface area contributed by atoms with E-state index in [2.05, 4.69) is 82.2 Å². The Kier molecular flexibility index (Phi) is 24.0. The molecule has 0 aliphatic carbocycles. The first kappa shape index (κ1) is 71.5. The molecule has 0 aliphatic heterocycles. The van der Waals surface area contributed by atoms with Crippen molar-refractivity contribution in [2.24, 2.45) is 0 Å². The van der Waals surface area contributed by atoms with E-state index in [0.29, 0.717) is 17.2 Å². The van der Waals surface area contributed by atoms with Crippen LogP contribution < -0.4 is 0 Å². The first-order valence-corrected chi connectivity index (χ1v) is 27.8. The van der Waals surface area contributed by atoms with E-state index in [0.717, 1.165) is 55.6 Å². The van der Waals surface area contributed by atoms with Crippen molar-refractivity contribution in [3.8, 4) is 51.7 Å². The summed E-state index contributed by atoms with van der Waals surface area (Å²) in [5, 5.41) is 85.6. The van der Waals surface area contributed by atoms with Gasteiger partial charge in [-0.2, -0.15) is 0 Å². The Morgan fingerprint density at radius 2 is 0.487 bits per heavy atom. The monoisotopic (exact) mass is 1100 g/mol. The summed E-state index contributed by atoms with van der Waals surface area (Å²) in [6, 6.07) is 17.1. The molecule has 0 fully saturated rings. The van der Waals surface area contributed by atoms with Gasteiger partial charge in [-0.05, 0) is 229 Å². The molecule has 0 atom stereocenters. The highest BCUT2D eigenvalue weighted by molar-refractivity contribution is 5.54. The lowest BCUT2D eigenvalue weighted by Gasteiger charge is -2.25. The zero-order valence-electron chi connectivity index (χ0n) is 54.8. The van der Waals surface area contributed by atoms with Crippen LogP contribution in [0, 0.1) is 76.2 Å². The van der Waals surface area contributed by atoms with Gasteiger partial charge in [0, 0.05) is 29.3 Å². The van der Waals surface area contributed by atoms with Crippen molar-refractivity contribution >= 4 is 0 Å². The third-order valence-electron chi connectivity index (χ3n) is 14.2. The first-order valence-electron chi connectivity index (χ1n) is 27.8. The predicted molar refractivity (Wildman–Crippen MR) is 338 cm³/mol. The van der Waals surface area contributed by atoms with E-state index in [9.17, 15) is 46.0 Å². The van der Waals surface area contributed by atoms with Crippen LogP contribution >= 0.6 is 0 Å². The highest BCUT2D eigenvalue weighted by Gasteiger charge is 2.25. The molecule has 0 bridgehead atoms. The summed E-state index contributed by atoms with van der Waals surface area (Å²) in [7, 11) is 0. The molecule has 9 N–H and O–H groups in total. The largest absolute Gasteiger partial charge is 0.508 e. The van der Waals surface area contributed by atoms with Crippen molar-refractivity contribution in [1.29, 1.82) is 0 Å². The van der Waals surface area contributed by atoms with E-state index < -0.39 is 0 Å². The van der Waals surface area contributed by atoms with Crippen LogP contribution in [0.3, 0.4) is 0 Å². The number of phenolic OH excluding ortho intramolecular Hbond substituents is 9. The normalized spacial score (nSPS) is 11.8. The second kappa shape index (κ2) is 26.9. The van der Waals surface area contributed by atoms with E-state index in [4.69, 9.17) is 0 Å². The van der Waals surface area contributed by atoms with Gasteiger partial charge in [0.15, 0.2) is 0 Å². The van der Waals surface area contributed by atoms with Crippen LogP contribution in [0.1, 0.15) is 219 Å². The zero-order valence-corrected chi connectivity index (χ0v) is 54.8. The lowest BCUT2D eigenvalue weighted by molar-refractivity contribution is 0.427. The maximum atomic E-state index is 9.77. The molecule has 6 rings (SSSR count). The summed E-state index contributed by atoms with van der Waals surface area (Å²) < 4.78 is 0. The molecule has 0 amide bonds. The summed E-state index contributed by atoms with van der Waals surface area (Å²) >= 11 is 0. The standard InChI is InChI=1S/C13H20O.C12H18O2.2C12H18O.2C11H16O2/c1-8-7-11(14)9(2)10(3)12(8)13(4,5)6;1-7-8(2)11(12(3,4)5)10(14)6-9(7)13;1-8-7-11(13)9(2)6-10(8)12(3,4)5;1-8-6-10(13)7-9(2)11(8)12(3,4)5;1-7-5-8(11(2,3)4)10(13)6-9(7)12;1-7-5-8(12)6-9(13)10(7)11(2,3)4/h7,14H,1-6H3;6,13-14H,1-5H3;2*6-7,13H,1-5H3;2*5-6,12-13H,1-4H3. The van der Waals surface area contributed by atoms with Gasteiger partial charge in [-0.3, -0.25) is 0 Å². The van der Waals surface area contributed by atoms with Gasteiger partial charge in [-0.1, -0.05) is 131 Å².